The molecule has 0 unspecified atom stereocenters. The zero-order valence-electron chi connectivity index (χ0n) is 17.8. The molecule has 1 aliphatic heterocycles. The van der Waals surface area contributed by atoms with Crippen molar-refractivity contribution in [3.8, 4) is 17.0 Å². The number of amides is 1. The molecule has 7 heteroatoms. The number of ether oxygens (including phenoxy) is 2. The largest absolute Gasteiger partial charge is 0.497 e. The molecule has 1 N–H and O–H groups in total. The van der Waals surface area contributed by atoms with Gasteiger partial charge in [0.1, 0.15) is 12.3 Å². The van der Waals surface area contributed by atoms with Crippen molar-refractivity contribution in [3.05, 3.63) is 59.5 Å². The van der Waals surface area contributed by atoms with Gasteiger partial charge in [-0.3, -0.25) is 4.79 Å². The van der Waals surface area contributed by atoms with Crippen LogP contribution in [0, 0.1) is 6.92 Å². The van der Waals surface area contributed by atoms with Crippen LogP contribution in [0.2, 0.25) is 0 Å². The molecule has 1 fully saturated rings. The summed E-state index contributed by atoms with van der Waals surface area (Å²) in [5.41, 5.74) is 3.97. The lowest BCUT2D eigenvalue weighted by Crippen LogP contribution is -2.38. The summed E-state index contributed by atoms with van der Waals surface area (Å²) in [7, 11) is 1.65. The van der Waals surface area contributed by atoms with E-state index in [2.05, 4.69) is 11.4 Å². The molecule has 2 aromatic carbocycles. The standard InChI is InChI=1S/C24H27N3O3S/c1-17-5-3-6-19(13-17)27(15-23(28)25-14-21-7-4-12-30-21)24-26-22(16-31-24)18-8-10-20(29-2)11-9-18/h3,5-6,8-11,13,16,21H,4,7,12,14-15H2,1-2H3,(H,25,28)/t21-/m1/s1. The summed E-state index contributed by atoms with van der Waals surface area (Å²) in [5.74, 6) is 0.765. The van der Waals surface area contributed by atoms with Crippen LogP contribution >= 0.6 is 11.3 Å². The number of thiazole rings is 1. The fourth-order valence-electron chi connectivity index (χ4n) is 3.58. The predicted molar refractivity (Wildman–Crippen MR) is 124 cm³/mol. The Balaban J connectivity index is 1.54. The smallest absolute Gasteiger partial charge is 0.240 e. The average Bonchev–Trinajstić information content (AvgIpc) is 3.48. The molecule has 0 bridgehead atoms. The summed E-state index contributed by atoms with van der Waals surface area (Å²) >= 11 is 1.53. The third-order valence-corrected chi connectivity index (χ3v) is 6.14. The number of methoxy groups -OCH3 is 1. The van der Waals surface area contributed by atoms with Gasteiger partial charge in [0.05, 0.1) is 18.9 Å². The highest BCUT2D eigenvalue weighted by Gasteiger charge is 2.20. The van der Waals surface area contributed by atoms with Crippen molar-refractivity contribution in [2.24, 2.45) is 0 Å². The number of hydrogen-bond donors (Lipinski definition) is 1. The van der Waals surface area contributed by atoms with E-state index >= 15 is 0 Å². The van der Waals surface area contributed by atoms with Gasteiger partial charge in [0.25, 0.3) is 0 Å². The molecule has 1 aliphatic rings. The van der Waals surface area contributed by atoms with Crippen LogP contribution in [0.4, 0.5) is 10.8 Å². The maximum absolute atomic E-state index is 12.7. The van der Waals surface area contributed by atoms with Gasteiger partial charge < -0.3 is 19.7 Å². The van der Waals surface area contributed by atoms with Crippen molar-refractivity contribution in [3.63, 3.8) is 0 Å². The molecule has 1 amide bonds. The summed E-state index contributed by atoms with van der Waals surface area (Å²) in [6, 6.07) is 15.9. The first-order chi connectivity index (χ1) is 15.1. The Bertz CT molecular complexity index is 1010. The number of anilines is 2. The molecule has 3 aromatic rings. The van der Waals surface area contributed by atoms with Crippen molar-refractivity contribution in [1.29, 1.82) is 0 Å². The zero-order valence-corrected chi connectivity index (χ0v) is 18.7. The first-order valence-corrected chi connectivity index (χ1v) is 11.3. The molecule has 4 rings (SSSR count). The Morgan fingerprint density at radius 2 is 2.13 bits per heavy atom. The highest BCUT2D eigenvalue weighted by atomic mass is 32.1. The van der Waals surface area contributed by atoms with Gasteiger partial charge in [-0.25, -0.2) is 4.98 Å². The van der Waals surface area contributed by atoms with Gasteiger partial charge in [-0.2, -0.15) is 0 Å². The van der Waals surface area contributed by atoms with Gasteiger partial charge in [-0.15, -0.1) is 11.3 Å². The van der Waals surface area contributed by atoms with Gasteiger partial charge in [-0.1, -0.05) is 12.1 Å². The fourth-order valence-corrected chi connectivity index (χ4v) is 4.43. The minimum absolute atomic E-state index is 0.0433. The molecule has 1 aromatic heterocycles. The van der Waals surface area contributed by atoms with E-state index in [9.17, 15) is 4.79 Å². The molecule has 0 aliphatic carbocycles. The van der Waals surface area contributed by atoms with Crippen molar-refractivity contribution in [2.75, 3.05) is 31.7 Å². The zero-order chi connectivity index (χ0) is 21.6. The van der Waals surface area contributed by atoms with Crippen LogP contribution in [-0.2, 0) is 9.53 Å². The van der Waals surface area contributed by atoms with E-state index in [4.69, 9.17) is 14.5 Å². The maximum Gasteiger partial charge on any atom is 0.240 e. The SMILES string of the molecule is COc1ccc(-c2csc(N(CC(=O)NC[C@H]3CCCO3)c3cccc(C)c3)n2)cc1. The Labute approximate surface area is 186 Å². The number of nitrogens with one attached hydrogen (secondary N) is 1. The topological polar surface area (TPSA) is 63.7 Å². The average molecular weight is 438 g/mol. The molecule has 31 heavy (non-hydrogen) atoms. The van der Waals surface area contributed by atoms with Gasteiger partial charge >= 0.3 is 0 Å². The van der Waals surface area contributed by atoms with Crippen LogP contribution in [0.15, 0.2) is 53.9 Å². The number of hydrogen-bond acceptors (Lipinski definition) is 6. The van der Waals surface area contributed by atoms with Crippen molar-refractivity contribution >= 4 is 28.1 Å². The maximum atomic E-state index is 12.7. The highest BCUT2D eigenvalue weighted by molar-refractivity contribution is 7.14. The molecular formula is C24H27N3O3S. The number of benzene rings is 2. The number of aryl methyl sites for hydroxylation is 1. The normalized spacial score (nSPS) is 15.6. The predicted octanol–water partition coefficient (Wildman–Crippen LogP) is 4.56. The van der Waals surface area contributed by atoms with E-state index in [1.54, 1.807) is 7.11 Å². The van der Waals surface area contributed by atoms with Gasteiger partial charge in [0.2, 0.25) is 5.91 Å². The lowest BCUT2D eigenvalue weighted by molar-refractivity contribution is -0.120. The summed E-state index contributed by atoms with van der Waals surface area (Å²) in [4.78, 5) is 19.5. The number of carbonyl (C=O) groups excluding carboxylic acids is 1. The van der Waals surface area contributed by atoms with Gasteiger partial charge in [0.15, 0.2) is 5.13 Å². The van der Waals surface area contributed by atoms with E-state index in [1.165, 1.54) is 11.3 Å². The van der Waals surface area contributed by atoms with Crippen LogP contribution < -0.4 is 15.0 Å². The molecule has 1 saturated heterocycles. The molecule has 0 saturated carbocycles. The van der Waals surface area contributed by atoms with Crippen molar-refractivity contribution < 1.29 is 14.3 Å². The third-order valence-electron chi connectivity index (χ3n) is 5.27. The van der Waals surface area contributed by atoms with E-state index in [0.717, 1.165) is 52.8 Å². The minimum atomic E-state index is -0.0433. The summed E-state index contributed by atoms with van der Waals surface area (Å²) in [5, 5.41) is 5.82. The summed E-state index contributed by atoms with van der Waals surface area (Å²) < 4.78 is 10.9. The van der Waals surface area contributed by atoms with E-state index in [-0.39, 0.29) is 18.6 Å². The van der Waals surface area contributed by atoms with Gasteiger partial charge in [0, 0.05) is 29.8 Å². The lowest BCUT2D eigenvalue weighted by Gasteiger charge is -2.22. The van der Waals surface area contributed by atoms with Crippen LogP contribution in [0.25, 0.3) is 11.3 Å². The molecule has 0 radical (unpaired) electrons. The summed E-state index contributed by atoms with van der Waals surface area (Å²) in [6.45, 7) is 3.58. The molecule has 2 heterocycles. The lowest BCUT2D eigenvalue weighted by atomic mass is 10.2. The van der Waals surface area contributed by atoms with E-state index in [1.807, 2.05) is 59.7 Å². The number of nitrogens with zero attached hydrogens (tertiary/aromatic N) is 2. The van der Waals surface area contributed by atoms with Crippen LogP contribution in [0.1, 0.15) is 18.4 Å². The molecule has 162 valence electrons. The van der Waals surface area contributed by atoms with Crippen molar-refractivity contribution in [1.82, 2.24) is 10.3 Å². The Hall–Kier alpha value is -2.90. The van der Waals surface area contributed by atoms with E-state index < -0.39 is 0 Å². The highest BCUT2D eigenvalue weighted by Crippen LogP contribution is 2.33. The Kier molecular flexibility index (Phi) is 6.84. The van der Waals surface area contributed by atoms with Crippen molar-refractivity contribution in [2.45, 2.75) is 25.9 Å². The summed E-state index contributed by atoms with van der Waals surface area (Å²) in [6.07, 6.45) is 2.18. The molecular weight excluding hydrogens is 410 g/mol. The molecule has 1 atom stereocenters. The first-order valence-electron chi connectivity index (χ1n) is 10.4. The van der Waals surface area contributed by atoms with Crippen LogP contribution in [0.5, 0.6) is 5.75 Å². The molecule has 6 nitrogen and oxygen atoms in total. The number of rotatable bonds is 8. The second-order valence-electron chi connectivity index (χ2n) is 7.61. The number of carbonyl (C=O) groups is 1. The minimum Gasteiger partial charge on any atom is -0.497 e. The Morgan fingerprint density at radius 3 is 2.84 bits per heavy atom. The first kappa shape index (κ1) is 21.3. The Morgan fingerprint density at radius 1 is 1.29 bits per heavy atom. The van der Waals surface area contributed by atoms with Crippen LogP contribution in [0.3, 0.4) is 0 Å². The van der Waals surface area contributed by atoms with E-state index in [0.29, 0.717) is 6.54 Å². The number of aromatic nitrogens is 1. The van der Waals surface area contributed by atoms with Crippen LogP contribution in [-0.4, -0.2) is 43.8 Å². The quantitative estimate of drug-likeness (QED) is 0.560. The second kappa shape index (κ2) is 9.94. The monoisotopic (exact) mass is 437 g/mol. The molecule has 0 spiro atoms. The van der Waals surface area contributed by atoms with Gasteiger partial charge in [-0.05, 0) is 61.7 Å². The third kappa shape index (κ3) is 5.42. The second-order valence-corrected chi connectivity index (χ2v) is 8.44. The fraction of sp³-hybridized carbons (Fsp3) is 0.333.